The SMILES string of the molecule is CC#CC(=O)N1CC(N2CCN(c3cc(C)c4c(c3)Nc3ncnc(N5CCS(=O)(=O)CC5)c3[C@@H](C)O4)CC2)C1. The quantitative estimate of drug-likeness (QED) is 0.551. The number of ether oxygens (including phenoxy) is 1. The Hall–Kier alpha value is -3.56. The number of fused-ring (bicyclic) bond motifs is 2. The fourth-order valence-electron chi connectivity index (χ4n) is 5.97. The number of nitrogens with one attached hydrogen (secondary N) is 1. The summed E-state index contributed by atoms with van der Waals surface area (Å²) < 4.78 is 30.5. The average molecular weight is 566 g/mol. The van der Waals surface area contributed by atoms with Gasteiger partial charge in [-0.25, -0.2) is 18.4 Å². The number of carbonyl (C=O) groups is 1. The summed E-state index contributed by atoms with van der Waals surface area (Å²) in [4.78, 5) is 29.8. The lowest BCUT2D eigenvalue weighted by Gasteiger charge is -2.48. The molecule has 0 spiro atoms. The number of anilines is 4. The molecular weight excluding hydrogens is 530 g/mol. The van der Waals surface area contributed by atoms with Gasteiger partial charge < -0.3 is 24.8 Å². The molecule has 4 aliphatic rings. The van der Waals surface area contributed by atoms with Gasteiger partial charge in [-0.15, -0.1) is 0 Å². The van der Waals surface area contributed by atoms with Crippen LogP contribution in [0.25, 0.3) is 0 Å². The number of nitrogens with zero attached hydrogens (tertiary/aromatic N) is 6. The van der Waals surface area contributed by atoms with Crippen molar-refractivity contribution in [2.75, 3.05) is 79.0 Å². The summed E-state index contributed by atoms with van der Waals surface area (Å²) in [6.45, 7) is 11.7. The van der Waals surface area contributed by atoms with Crippen molar-refractivity contribution >= 4 is 38.8 Å². The van der Waals surface area contributed by atoms with Crippen molar-refractivity contribution in [3.63, 3.8) is 0 Å². The van der Waals surface area contributed by atoms with E-state index in [0.717, 1.165) is 73.3 Å². The van der Waals surface area contributed by atoms with Crippen LogP contribution in [-0.4, -0.2) is 104 Å². The van der Waals surface area contributed by atoms with Crippen molar-refractivity contribution < 1.29 is 17.9 Å². The number of piperazine rings is 1. The maximum absolute atomic E-state index is 12.0. The van der Waals surface area contributed by atoms with Crippen LogP contribution in [0.4, 0.5) is 23.0 Å². The fourth-order valence-corrected chi connectivity index (χ4v) is 7.17. The zero-order chi connectivity index (χ0) is 28.0. The van der Waals surface area contributed by atoms with Gasteiger partial charge in [0.1, 0.15) is 29.8 Å². The predicted molar refractivity (Wildman–Crippen MR) is 154 cm³/mol. The number of benzene rings is 1. The molecule has 0 radical (unpaired) electrons. The van der Waals surface area contributed by atoms with E-state index in [4.69, 9.17) is 4.74 Å². The van der Waals surface area contributed by atoms with Gasteiger partial charge >= 0.3 is 0 Å². The van der Waals surface area contributed by atoms with Gasteiger partial charge in [-0.2, -0.15) is 0 Å². The van der Waals surface area contributed by atoms with Crippen molar-refractivity contribution in [1.29, 1.82) is 0 Å². The summed E-state index contributed by atoms with van der Waals surface area (Å²) in [5.41, 5.74) is 3.86. The Bertz CT molecular complexity index is 1470. The molecule has 0 unspecified atom stereocenters. The molecule has 40 heavy (non-hydrogen) atoms. The standard InChI is InChI=1S/C28H35N7O4S/c1-4-5-24(36)35-16-22(17-35)33-8-6-32(7-9-33)21-14-19(2)26-23(15-21)31-27-25(20(3)39-26)28(30-18-29-27)34-10-12-40(37,38)13-11-34/h14-15,18,20,22H,6-13,16-17H2,1-3H3,(H,29,30,31)/t20-/m1/s1. The predicted octanol–water partition coefficient (Wildman–Crippen LogP) is 1.57. The third-order valence-corrected chi connectivity index (χ3v) is 9.91. The van der Waals surface area contributed by atoms with Gasteiger partial charge in [0.25, 0.3) is 5.91 Å². The summed E-state index contributed by atoms with van der Waals surface area (Å²) in [6, 6.07) is 4.71. The van der Waals surface area contributed by atoms with E-state index in [9.17, 15) is 13.2 Å². The molecule has 3 fully saturated rings. The minimum Gasteiger partial charge on any atom is -0.483 e. The maximum atomic E-state index is 12.0. The van der Waals surface area contributed by atoms with Crippen molar-refractivity contribution in [3.8, 4) is 17.6 Å². The zero-order valence-corrected chi connectivity index (χ0v) is 24.0. The van der Waals surface area contributed by atoms with E-state index in [1.54, 1.807) is 6.92 Å². The summed E-state index contributed by atoms with van der Waals surface area (Å²) in [5.74, 6) is 7.67. The van der Waals surface area contributed by atoms with Crippen molar-refractivity contribution in [3.05, 3.63) is 29.6 Å². The third kappa shape index (κ3) is 5.04. The highest BCUT2D eigenvalue weighted by molar-refractivity contribution is 7.91. The largest absolute Gasteiger partial charge is 0.483 e. The van der Waals surface area contributed by atoms with Crippen molar-refractivity contribution in [2.45, 2.75) is 32.9 Å². The molecule has 1 amide bonds. The molecule has 1 aromatic carbocycles. The summed E-state index contributed by atoms with van der Waals surface area (Å²) >= 11 is 0. The Morgan fingerprint density at radius 3 is 2.48 bits per heavy atom. The molecule has 4 aliphatic heterocycles. The molecule has 12 heteroatoms. The highest BCUT2D eigenvalue weighted by Crippen LogP contribution is 2.44. The number of aromatic nitrogens is 2. The first-order valence-electron chi connectivity index (χ1n) is 13.8. The van der Waals surface area contributed by atoms with E-state index in [-0.39, 0.29) is 23.5 Å². The molecule has 1 aromatic heterocycles. The Morgan fingerprint density at radius 1 is 1.05 bits per heavy atom. The Kier molecular flexibility index (Phi) is 6.96. The van der Waals surface area contributed by atoms with Crippen molar-refractivity contribution in [1.82, 2.24) is 19.8 Å². The minimum atomic E-state index is -3.01. The van der Waals surface area contributed by atoms with E-state index in [2.05, 4.69) is 56.0 Å². The van der Waals surface area contributed by atoms with Crippen LogP contribution in [0.1, 0.15) is 31.1 Å². The number of hydrogen-bond donors (Lipinski definition) is 1. The molecule has 3 saturated heterocycles. The van der Waals surface area contributed by atoms with Crippen LogP contribution in [0.2, 0.25) is 0 Å². The lowest BCUT2D eigenvalue weighted by atomic mass is 10.1. The highest BCUT2D eigenvalue weighted by Gasteiger charge is 2.36. The number of sulfone groups is 1. The summed E-state index contributed by atoms with van der Waals surface area (Å²) in [5, 5.41) is 3.51. The van der Waals surface area contributed by atoms with Gasteiger partial charge in [0.05, 0.1) is 22.8 Å². The van der Waals surface area contributed by atoms with Gasteiger partial charge in [0.2, 0.25) is 0 Å². The molecule has 11 nitrogen and oxygen atoms in total. The first-order valence-corrected chi connectivity index (χ1v) is 15.6. The normalized spacial score (nSPS) is 22.5. The summed E-state index contributed by atoms with van der Waals surface area (Å²) in [7, 11) is -3.01. The van der Waals surface area contributed by atoms with E-state index in [1.807, 2.05) is 16.7 Å². The van der Waals surface area contributed by atoms with Crippen LogP contribution in [-0.2, 0) is 14.6 Å². The number of rotatable bonds is 3. The number of hydrogen-bond acceptors (Lipinski definition) is 10. The average Bonchev–Trinajstić information content (AvgIpc) is 3.04. The minimum absolute atomic E-state index is 0.0790. The number of carbonyl (C=O) groups excluding carboxylic acids is 1. The van der Waals surface area contributed by atoms with Crippen LogP contribution in [0.5, 0.6) is 5.75 Å². The van der Waals surface area contributed by atoms with E-state index >= 15 is 0 Å². The Morgan fingerprint density at radius 2 is 1.77 bits per heavy atom. The van der Waals surface area contributed by atoms with Crippen LogP contribution in [0.3, 0.4) is 0 Å². The molecule has 0 aliphatic carbocycles. The second-order valence-electron chi connectivity index (χ2n) is 10.9. The van der Waals surface area contributed by atoms with E-state index in [0.29, 0.717) is 24.9 Å². The van der Waals surface area contributed by atoms with Crippen LogP contribution in [0.15, 0.2) is 18.5 Å². The van der Waals surface area contributed by atoms with Gasteiger partial charge in [-0.05, 0) is 44.4 Å². The Balaban J connectivity index is 1.17. The van der Waals surface area contributed by atoms with E-state index < -0.39 is 9.84 Å². The van der Waals surface area contributed by atoms with Crippen LogP contribution in [0, 0.1) is 18.8 Å². The first-order chi connectivity index (χ1) is 19.2. The van der Waals surface area contributed by atoms with Gasteiger partial charge in [0, 0.05) is 64.1 Å². The number of likely N-dealkylation sites (tertiary alicyclic amines) is 1. The first kappa shape index (κ1) is 26.7. The summed E-state index contributed by atoms with van der Waals surface area (Å²) in [6.07, 6.45) is 1.21. The number of aryl methyl sites for hydroxylation is 1. The van der Waals surface area contributed by atoms with Crippen LogP contribution < -0.4 is 19.9 Å². The second kappa shape index (κ2) is 10.4. The zero-order valence-electron chi connectivity index (χ0n) is 23.2. The molecule has 1 atom stereocenters. The molecule has 1 N–H and O–H groups in total. The molecule has 5 heterocycles. The molecule has 0 bridgehead atoms. The van der Waals surface area contributed by atoms with Gasteiger partial charge in [-0.3, -0.25) is 9.69 Å². The molecule has 2 aromatic rings. The van der Waals surface area contributed by atoms with Gasteiger partial charge in [0.15, 0.2) is 9.84 Å². The lowest BCUT2D eigenvalue weighted by Crippen LogP contribution is -2.64. The Labute approximate surface area is 235 Å². The lowest BCUT2D eigenvalue weighted by molar-refractivity contribution is -0.132. The second-order valence-corrected chi connectivity index (χ2v) is 13.2. The van der Waals surface area contributed by atoms with Crippen molar-refractivity contribution in [2.24, 2.45) is 0 Å². The highest BCUT2D eigenvalue weighted by atomic mass is 32.2. The molecule has 6 rings (SSSR count). The molecular formula is C28H35N7O4S. The number of amides is 1. The van der Waals surface area contributed by atoms with E-state index in [1.165, 1.54) is 6.33 Å². The topological polar surface area (TPSA) is 111 Å². The van der Waals surface area contributed by atoms with Crippen LogP contribution >= 0.6 is 0 Å². The maximum Gasteiger partial charge on any atom is 0.298 e. The molecule has 0 saturated carbocycles. The van der Waals surface area contributed by atoms with Gasteiger partial charge in [-0.1, -0.05) is 5.92 Å². The smallest absolute Gasteiger partial charge is 0.298 e. The monoisotopic (exact) mass is 565 g/mol. The molecule has 212 valence electrons. The third-order valence-electron chi connectivity index (χ3n) is 8.30. The fraction of sp³-hybridized carbons (Fsp3) is 0.536.